The fraction of sp³-hybridized carbons (Fsp3) is 0.786. The van der Waals surface area contributed by atoms with Gasteiger partial charge in [-0.25, -0.2) is 4.79 Å². The normalized spacial score (nSPS) is 17.2. The SMILES string of the molecule is CC1(C)C(=O)NCCN1C(=O)NCCCCCCC(=O)O. The third-order valence-electron chi connectivity index (χ3n) is 3.69. The van der Waals surface area contributed by atoms with Crippen LogP contribution in [0.15, 0.2) is 0 Å². The minimum Gasteiger partial charge on any atom is -0.481 e. The molecule has 0 aliphatic carbocycles. The number of carboxylic acid groups (broad SMARTS) is 1. The van der Waals surface area contributed by atoms with E-state index < -0.39 is 11.5 Å². The smallest absolute Gasteiger partial charge is 0.318 e. The van der Waals surface area contributed by atoms with Gasteiger partial charge in [0.1, 0.15) is 5.54 Å². The zero-order chi connectivity index (χ0) is 15.9. The molecule has 1 rings (SSSR count). The van der Waals surface area contributed by atoms with Gasteiger partial charge in [-0.3, -0.25) is 9.59 Å². The highest BCUT2D eigenvalue weighted by Gasteiger charge is 2.40. The number of carboxylic acids is 1. The summed E-state index contributed by atoms with van der Waals surface area (Å²) in [5.41, 5.74) is -0.830. The van der Waals surface area contributed by atoms with E-state index in [-0.39, 0.29) is 18.4 Å². The molecular formula is C14H25N3O4. The van der Waals surface area contributed by atoms with Gasteiger partial charge in [0.2, 0.25) is 5.91 Å². The zero-order valence-corrected chi connectivity index (χ0v) is 12.8. The lowest BCUT2D eigenvalue weighted by Crippen LogP contribution is -2.65. The number of rotatable bonds is 7. The maximum absolute atomic E-state index is 12.1. The molecule has 0 bridgehead atoms. The summed E-state index contributed by atoms with van der Waals surface area (Å²) in [5.74, 6) is -0.911. The van der Waals surface area contributed by atoms with E-state index in [1.165, 1.54) is 0 Å². The van der Waals surface area contributed by atoms with Crippen molar-refractivity contribution in [2.45, 2.75) is 51.5 Å². The second-order valence-electron chi connectivity index (χ2n) is 5.76. The molecule has 120 valence electrons. The van der Waals surface area contributed by atoms with Crippen LogP contribution in [0.4, 0.5) is 4.79 Å². The van der Waals surface area contributed by atoms with Crippen LogP contribution in [0.2, 0.25) is 0 Å². The highest BCUT2D eigenvalue weighted by Crippen LogP contribution is 2.17. The van der Waals surface area contributed by atoms with E-state index in [0.29, 0.717) is 26.1 Å². The molecule has 0 aromatic rings. The Bertz CT molecular complexity index is 396. The average Bonchev–Trinajstić information content (AvgIpc) is 2.40. The molecule has 3 N–H and O–H groups in total. The molecule has 0 aromatic carbocycles. The Kier molecular flexibility index (Phi) is 6.45. The van der Waals surface area contributed by atoms with Gasteiger partial charge in [-0.15, -0.1) is 0 Å². The van der Waals surface area contributed by atoms with Gasteiger partial charge in [0.15, 0.2) is 0 Å². The highest BCUT2D eigenvalue weighted by molar-refractivity contribution is 5.91. The maximum atomic E-state index is 12.1. The summed E-state index contributed by atoms with van der Waals surface area (Å²) >= 11 is 0. The van der Waals surface area contributed by atoms with E-state index >= 15 is 0 Å². The minimum atomic E-state index is -0.830. The number of piperazine rings is 1. The molecule has 1 aliphatic heterocycles. The maximum Gasteiger partial charge on any atom is 0.318 e. The Morgan fingerprint density at radius 1 is 1.29 bits per heavy atom. The van der Waals surface area contributed by atoms with Crippen LogP contribution in [0.5, 0.6) is 0 Å². The Morgan fingerprint density at radius 2 is 1.95 bits per heavy atom. The fourth-order valence-electron chi connectivity index (χ4n) is 2.30. The molecule has 3 amide bonds. The number of unbranched alkanes of at least 4 members (excludes halogenated alkanes) is 3. The summed E-state index contributed by atoms with van der Waals surface area (Å²) in [5, 5.41) is 14.1. The Hall–Kier alpha value is -1.79. The Morgan fingerprint density at radius 3 is 2.62 bits per heavy atom. The molecule has 7 nitrogen and oxygen atoms in total. The molecule has 21 heavy (non-hydrogen) atoms. The molecule has 0 atom stereocenters. The predicted molar refractivity (Wildman–Crippen MR) is 77.9 cm³/mol. The molecule has 1 aliphatic rings. The van der Waals surface area contributed by atoms with Gasteiger partial charge in [0, 0.05) is 26.1 Å². The second-order valence-corrected chi connectivity index (χ2v) is 5.76. The highest BCUT2D eigenvalue weighted by atomic mass is 16.4. The van der Waals surface area contributed by atoms with Crippen molar-refractivity contribution in [2.75, 3.05) is 19.6 Å². The topological polar surface area (TPSA) is 98.7 Å². The Labute approximate surface area is 125 Å². The van der Waals surface area contributed by atoms with Gasteiger partial charge in [-0.2, -0.15) is 0 Å². The van der Waals surface area contributed by atoms with Crippen molar-refractivity contribution in [3.05, 3.63) is 0 Å². The lowest BCUT2D eigenvalue weighted by Gasteiger charge is -2.40. The van der Waals surface area contributed by atoms with Crippen LogP contribution in [0.25, 0.3) is 0 Å². The average molecular weight is 299 g/mol. The second kappa shape index (κ2) is 7.85. The number of carbonyl (C=O) groups is 3. The molecule has 1 saturated heterocycles. The zero-order valence-electron chi connectivity index (χ0n) is 12.8. The number of nitrogens with zero attached hydrogens (tertiary/aromatic N) is 1. The predicted octanol–water partition coefficient (Wildman–Crippen LogP) is 0.941. The molecule has 0 radical (unpaired) electrons. The van der Waals surface area contributed by atoms with Gasteiger partial charge in [0.25, 0.3) is 0 Å². The summed E-state index contributed by atoms with van der Waals surface area (Å²) in [4.78, 5) is 35.7. The Balaban J connectivity index is 2.21. The van der Waals surface area contributed by atoms with Gasteiger partial charge < -0.3 is 20.6 Å². The van der Waals surface area contributed by atoms with Crippen molar-refractivity contribution in [1.82, 2.24) is 15.5 Å². The van der Waals surface area contributed by atoms with Crippen LogP contribution in [0, 0.1) is 0 Å². The largest absolute Gasteiger partial charge is 0.481 e. The number of hydrogen-bond donors (Lipinski definition) is 3. The third-order valence-corrected chi connectivity index (χ3v) is 3.69. The van der Waals surface area contributed by atoms with Crippen molar-refractivity contribution in [2.24, 2.45) is 0 Å². The van der Waals surface area contributed by atoms with Gasteiger partial charge in [0.05, 0.1) is 0 Å². The summed E-state index contributed by atoms with van der Waals surface area (Å²) in [6.07, 6.45) is 3.41. The van der Waals surface area contributed by atoms with E-state index in [4.69, 9.17) is 5.11 Å². The quantitative estimate of drug-likeness (QED) is 0.609. The van der Waals surface area contributed by atoms with Crippen LogP contribution in [0.3, 0.4) is 0 Å². The van der Waals surface area contributed by atoms with Crippen LogP contribution in [0.1, 0.15) is 46.0 Å². The van der Waals surface area contributed by atoms with Crippen molar-refractivity contribution in [3.63, 3.8) is 0 Å². The number of aliphatic carboxylic acids is 1. The first-order valence-corrected chi connectivity index (χ1v) is 7.41. The van der Waals surface area contributed by atoms with E-state index in [9.17, 15) is 14.4 Å². The van der Waals surface area contributed by atoms with Crippen molar-refractivity contribution >= 4 is 17.9 Å². The van der Waals surface area contributed by atoms with E-state index in [0.717, 1.165) is 19.3 Å². The standard InChI is InChI=1S/C14H25N3O4/c1-14(2)12(20)15-9-10-17(14)13(21)16-8-6-4-3-5-7-11(18)19/h3-10H2,1-2H3,(H,15,20)(H,16,21)(H,18,19). The minimum absolute atomic E-state index is 0.141. The summed E-state index contributed by atoms with van der Waals surface area (Å²) in [6, 6.07) is -0.222. The molecule has 0 saturated carbocycles. The molecule has 0 aromatic heterocycles. The van der Waals surface area contributed by atoms with E-state index in [1.807, 2.05) is 0 Å². The summed E-state index contributed by atoms with van der Waals surface area (Å²) in [6.45, 7) is 4.98. The van der Waals surface area contributed by atoms with Crippen molar-refractivity contribution < 1.29 is 19.5 Å². The molecule has 7 heteroatoms. The first-order chi connectivity index (χ1) is 9.85. The van der Waals surface area contributed by atoms with Gasteiger partial charge >= 0.3 is 12.0 Å². The monoisotopic (exact) mass is 299 g/mol. The molecule has 0 unspecified atom stereocenters. The first-order valence-electron chi connectivity index (χ1n) is 7.41. The van der Waals surface area contributed by atoms with E-state index in [1.54, 1.807) is 18.7 Å². The van der Waals surface area contributed by atoms with Crippen LogP contribution < -0.4 is 10.6 Å². The van der Waals surface area contributed by atoms with Crippen molar-refractivity contribution in [1.29, 1.82) is 0 Å². The third kappa shape index (κ3) is 5.24. The van der Waals surface area contributed by atoms with E-state index in [2.05, 4.69) is 10.6 Å². The lowest BCUT2D eigenvalue weighted by molar-refractivity contribution is -0.137. The van der Waals surface area contributed by atoms with Gasteiger partial charge in [-0.05, 0) is 26.7 Å². The summed E-state index contributed by atoms with van der Waals surface area (Å²) < 4.78 is 0. The molecule has 1 fully saturated rings. The number of hydrogen-bond acceptors (Lipinski definition) is 3. The molecule has 0 spiro atoms. The van der Waals surface area contributed by atoms with Crippen LogP contribution in [-0.4, -0.2) is 53.1 Å². The number of amides is 3. The lowest BCUT2D eigenvalue weighted by atomic mass is 9.99. The number of urea groups is 1. The van der Waals surface area contributed by atoms with Crippen LogP contribution in [-0.2, 0) is 9.59 Å². The summed E-state index contributed by atoms with van der Waals surface area (Å²) in [7, 11) is 0. The van der Waals surface area contributed by atoms with Gasteiger partial charge in [-0.1, -0.05) is 12.8 Å². The number of nitrogens with one attached hydrogen (secondary N) is 2. The van der Waals surface area contributed by atoms with Crippen LogP contribution >= 0.6 is 0 Å². The molecular weight excluding hydrogens is 274 g/mol. The fourth-order valence-corrected chi connectivity index (χ4v) is 2.30. The number of carbonyl (C=O) groups excluding carboxylic acids is 2. The first kappa shape index (κ1) is 17.3. The molecule has 1 heterocycles. The van der Waals surface area contributed by atoms with Crippen molar-refractivity contribution in [3.8, 4) is 0 Å².